The number of sulfone groups is 1. The molecule has 0 radical (unpaired) electrons. The molecule has 1 fully saturated rings. The van der Waals surface area contributed by atoms with Crippen molar-refractivity contribution in [1.29, 1.82) is 0 Å². The molecule has 0 aliphatic heterocycles. The third kappa shape index (κ3) is 7.04. The molecule has 11 nitrogen and oxygen atoms in total. The van der Waals surface area contributed by atoms with Crippen molar-refractivity contribution >= 4 is 44.0 Å². The third-order valence-corrected chi connectivity index (χ3v) is 9.57. The molecule has 0 saturated heterocycles. The average molecular weight is 605 g/mol. The minimum Gasteiger partial charge on any atom is -0.479 e. The number of hydrogen-bond donors (Lipinski definition) is 5. The fourth-order valence-electron chi connectivity index (χ4n) is 4.84. The number of benzene rings is 3. The number of nitrogens with one attached hydrogen (secondary N) is 4. The molecule has 1 aliphatic carbocycles. The van der Waals surface area contributed by atoms with Gasteiger partial charge in [-0.25, -0.2) is 18.0 Å². The van der Waals surface area contributed by atoms with E-state index in [2.05, 4.69) is 20.9 Å². The number of ether oxygens (including phenoxy) is 1. The van der Waals surface area contributed by atoms with Crippen molar-refractivity contribution in [3.05, 3.63) is 100.0 Å². The Morgan fingerprint density at radius 2 is 1.77 bits per heavy atom. The number of hydrogen-bond acceptors (Lipinski definition) is 8. The predicted octanol–water partition coefficient (Wildman–Crippen LogP) is 4.21. The molecule has 12 heteroatoms. The van der Waals surface area contributed by atoms with Gasteiger partial charge in [0.25, 0.3) is 5.56 Å². The summed E-state index contributed by atoms with van der Waals surface area (Å²) in [7, 11) is -1.66. The summed E-state index contributed by atoms with van der Waals surface area (Å²) in [4.78, 5) is 39.5. The third-order valence-electron chi connectivity index (χ3n) is 7.21. The van der Waals surface area contributed by atoms with E-state index in [4.69, 9.17) is 4.74 Å². The highest BCUT2D eigenvalue weighted by Crippen LogP contribution is 2.35. The Kier molecular flexibility index (Phi) is 8.78. The Bertz CT molecular complexity index is 1820. The molecule has 1 unspecified atom stereocenters. The summed E-state index contributed by atoms with van der Waals surface area (Å²) in [6.07, 6.45) is 2.62. The molecule has 1 atom stereocenters. The number of rotatable bonds is 12. The molecule has 0 bridgehead atoms. The minimum absolute atomic E-state index is 0.0783. The van der Waals surface area contributed by atoms with Gasteiger partial charge in [-0.05, 0) is 78.4 Å². The van der Waals surface area contributed by atoms with E-state index < -0.39 is 27.9 Å². The maximum atomic E-state index is 12.7. The molecule has 1 amide bonds. The van der Waals surface area contributed by atoms with Crippen molar-refractivity contribution in [1.82, 2.24) is 10.3 Å². The van der Waals surface area contributed by atoms with Crippen molar-refractivity contribution in [2.24, 2.45) is 0 Å². The van der Waals surface area contributed by atoms with Crippen LogP contribution in [0.3, 0.4) is 0 Å². The van der Waals surface area contributed by atoms with E-state index in [1.54, 1.807) is 73.9 Å². The maximum absolute atomic E-state index is 12.7. The molecule has 1 heterocycles. The van der Waals surface area contributed by atoms with Crippen LogP contribution in [-0.4, -0.2) is 49.5 Å². The summed E-state index contributed by atoms with van der Waals surface area (Å²) in [5, 5.41) is 19.3. The molecule has 224 valence electrons. The fraction of sp³-hybridized carbons (Fsp3) is 0.258. The van der Waals surface area contributed by atoms with Crippen LogP contribution in [0, 0.1) is 0 Å². The Labute approximate surface area is 248 Å². The van der Waals surface area contributed by atoms with Crippen LogP contribution in [0.25, 0.3) is 10.8 Å². The van der Waals surface area contributed by atoms with Gasteiger partial charge in [0.15, 0.2) is 15.9 Å². The van der Waals surface area contributed by atoms with Crippen LogP contribution in [0.5, 0.6) is 0 Å². The van der Waals surface area contributed by atoms with Gasteiger partial charge in [0, 0.05) is 35.9 Å². The van der Waals surface area contributed by atoms with E-state index >= 15 is 0 Å². The van der Waals surface area contributed by atoms with Crippen LogP contribution in [0.4, 0.5) is 16.2 Å². The number of carbonyl (C=O) groups is 2. The van der Waals surface area contributed by atoms with Gasteiger partial charge in [-0.1, -0.05) is 30.3 Å². The lowest BCUT2D eigenvalue weighted by atomic mass is 10.0. The van der Waals surface area contributed by atoms with E-state index in [0.29, 0.717) is 53.7 Å². The summed E-state index contributed by atoms with van der Waals surface area (Å²) < 4.78 is 30.8. The van der Waals surface area contributed by atoms with Crippen LogP contribution < -0.4 is 21.5 Å². The average Bonchev–Trinajstić information content (AvgIpc) is 3.84. The molecule has 1 saturated carbocycles. The SMILES string of the molecule is CNCc1cc(NC(=O)OCCc2ccc(C(Nc3ccc4cc[nH]c(=O)c4c3)C(=O)O)cc2)ccc1S(=O)(=O)C1CC1. The van der Waals surface area contributed by atoms with Crippen LogP contribution in [0.2, 0.25) is 0 Å². The first-order valence-electron chi connectivity index (χ1n) is 13.8. The second-order valence-corrected chi connectivity index (χ2v) is 12.6. The van der Waals surface area contributed by atoms with Gasteiger partial charge in [-0.15, -0.1) is 0 Å². The lowest BCUT2D eigenvalue weighted by molar-refractivity contribution is -0.138. The smallest absolute Gasteiger partial charge is 0.411 e. The zero-order chi connectivity index (χ0) is 30.6. The number of pyridine rings is 1. The number of carboxylic acids is 1. The van der Waals surface area contributed by atoms with Gasteiger partial charge in [0.2, 0.25) is 0 Å². The van der Waals surface area contributed by atoms with E-state index in [-0.39, 0.29) is 22.3 Å². The number of aromatic amines is 1. The number of carbonyl (C=O) groups excluding carboxylic acids is 1. The van der Waals surface area contributed by atoms with Crippen molar-refractivity contribution < 1.29 is 27.9 Å². The van der Waals surface area contributed by atoms with Crippen molar-refractivity contribution in [2.75, 3.05) is 24.3 Å². The Morgan fingerprint density at radius 3 is 2.47 bits per heavy atom. The van der Waals surface area contributed by atoms with Crippen LogP contribution in [0.1, 0.15) is 35.6 Å². The van der Waals surface area contributed by atoms with Gasteiger partial charge in [-0.2, -0.15) is 0 Å². The zero-order valence-electron chi connectivity index (χ0n) is 23.4. The van der Waals surface area contributed by atoms with E-state index in [1.807, 2.05) is 0 Å². The van der Waals surface area contributed by atoms with Gasteiger partial charge in [0.1, 0.15) is 0 Å². The quantitative estimate of drug-likeness (QED) is 0.159. The topological polar surface area (TPSA) is 167 Å². The molecule has 0 spiro atoms. The standard InChI is InChI=1S/C31H32N4O7S/c1-32-18-22-16-23(8-11-27(22)43(40,41)25-9-10-25)35-31(39)42-15-13-19-2-4-21(5-3-19)28(30(37)38)34-24-7-6-20-12-14-33-29(36)26(20)17-24/h2-8,11-12,14,16-17,25,28,32,34H,9-10,13,15,18H2,1H3,(H,33,36)(H,35,39)(H,37,38). The molecule has 4 aromatic rings. The van der Waals surface area contributed by atoms with E-state index in [0.717, 1.165) is 10.9 Å². The number of H-pyrrole nitrogens is 1. The lowest BCUT2D eigenvalue weighted by Crippen LogP contribution is -2.20. The largest absolute Gasteiger partial charge is 0.479 e. The summed E-state index contributed by atoms with van der Waals surface area (Å²) in [5.74, 6) is -1.08. The molecular weight excluding hydrogens is 572 g/mol. The number of fused-ring (bicyclic) bond motifs is 1. The van der Waals surface area contributed by atoms with E-state index in [9.17, 15) is 27.9 Å². The summed E-state index contributed by atoms with van der Waals surface area (Å²) in [5.41, 5.74) is 2.60. The first kappa shape index (κ1) is 29.8. The Balaban J connectivity index is 1.17. The molecule has 3 aromatic carbocycles. The van der Waals surface area contributed by atoms with E-state index in [1.165, 1.54) is 6.07 Å². The molecule has 1 aromatic heterocycles. The Morgan fingerprint density at radius 1 is 1.02 bits per heavy atom. The summed E-state index contributed by atoms with van der Waals surface area (Å²) in [6, 6.07) is 17.4. The predicted molar refractivity (Wildman–Crippen MR) is 163 cm³/mol. The number of carboxylic acid groups (broad SMARTS) is 1. The summed E-state index contributed by atoms with van der Waals surface area (Å²) >= 11 is 0. The maximum Gasteiger partial charge on any atom is 0.411 e. The molecule has 1 aliphatic rings. The second kappa shape index (κ2) is 12.7. The van der Waals surface area contributed by atoms with Crippen molar-refractivity contribution in [3.8, 4) is 0 Å². The number of anilines is 2. The summed E-state index contributed by atoms with van der Waals surface area (Å²) in [6.45, 7) is 0.414. The van der Waals surface area contributed by atoms with Crippen LogP contribution >= 0.6 is 0 Å². The first-order valence-corrected chi connectivity index (χ1v) is 15.3. The normalized spacial score (nSPS) is 13.8. The van der Waals surface area contributed by atoms with Crippen LogP contribution in [0.15, 0.2) is 82.6 Å². The van der Waals surface area contributed by atoms with Gasteiger partial charge in [-0.3, -0.25) is 10.1 Å². The lowest BCUT2D eigenvalue weighted by Gasteiger charge is -2.17. The highest BCUT2D eigenvalue weighted by atomic mass is 32.2. The van der Waals surface area contributed by atoms with Gasteiger partial charge < -0.3 is 25.5 Å². The van der Waals surface area contributed by atoms with Crippen LogP contribution in [-0.2, 0) is 32.3 Å². The highest BCUT2D eigenvalue weighted by molar-refractivity contribution is 7.92. The monoisotopic (exact) mass is 604 g/mol. The minimum atomic E-state index is -3.38. The zero-order valence-corrected chi connectivity index (χ0v) is 24.2. The molecule has 43 heavy (non-hydrogen) atoms. The van der Waals surface area contributed by atoms with Gasteiger partial charge in [0.05, 0.1) is 16.8 Å². The molecule has 5 rings (SSSR count). The second-order valence-electron chi connectivity index (χ2n) is 10.4. The first-order chi connectivity index (χ1) is 20.7. The molecule has 5 N–H and O–H groups in total. The Hall–Kier alpha value is -4.68. The van der Waals surface area contributed by atoms with Crippen molar-refractivity contribution in [3.63, 3.8) is 0 Å². The number of aromatic nitrogens is 1. The number of amides is 1. The van der Waals surface area contributed by atoms with Gasteiger partial charge >= 0.3 is 12.1 Å². The fourth-order valence-corrected chi connectivity index (χ4v) is 6.71. The highest BCUT2D eigenvalue weighted by Gasteiger charge is 2.38. The molecular formula is C31H32N4O7S. The number of aliphatic carboxylic acids is 1. The van der Waals surface area contributed by atoms with Crippen molar-refractivity contribution in [2.45, 2.75) is 42.0 Å².